The lowest BCUT2D eigenvalue weighted by Crippen LogP contribution is -2.17. The van der Waals surface area contributed by atoms with E-state index in [2.05, 4.69) is 15.4 Å². The Bertz CT molecular complexity index is 893. The van der Waals surface area contributed by atoms with Crippen molar-refractivity contribution >= 4 is 11.7 Å². The summed E-state index contributed by atoms with van der Waals surface area (Å²) in [4.78, 5) is 16.7. The van der Waals surface area contributed by atoms with Crippen LogP contribution in [0, 0.1) is 18.3 Å². The number of nitrogens with zero attached hydrogens (tertiary/aromatic N) is 4. The number of carbonyl (C=O) groups excluding carboxylic acids is 1. The topological polar surface area (TPSA) is 83.6 Å². The highest BCUT2D eigenvalue weighted by Crippen LogP contribution is 2.19. The van der Waals surface area contributed by atoms with Gasteiger partial charge in [0.05, 0.1) is 6.20 Å². The number of pyridine rings is 1. The zero-order valence-corrected chi connectivity index (χ0v) is 12.4. The van der Waals surface area contributed by atoms with E-state index in [1.165, 1.54) is 10.9 Å². The molecule has 0 fully saturated rings. The third kappa shape index (κ3) is 2.80. The van der Waals surface area contributed by atoms with E-state index in [1.54, 1.807) is 30.5 Å². The molecule has 0 atom stereocenters. The number of anilines is 1. The van der Waals surface area contributed by atoms with E-state index in [0.29, 0.717) is 17.2 Å². The minimum Gasteiger partial charge on any atom is -0.305 e. The predicted molar refractivity (Wildman–Crippen MR) is 85.2 cm³/mol. The molecule has 0 aliphatic carbocycles. The number of amides is 1. The number of rotatable bonds is 3. The standard InChI is InChI=1S/C17H13N5O/c1-12-6-2-3-7-14(12)17(23)21-16-13(10-18)11-20-22(16)15-8-4-5-9-19-15/h2-9,11H,1H3,(H,21,23). The molecule has 0 spiro atoms. The summed E-state index contributed by atoms with van der Waals surface area (Å²) in [6.07, 6.45) is 3.03. The lowest BCUT2D eigenvalue weighted by Gasteiger charge is -2.10. The van der Waals surface area contributed by atoms with Crippen LogP contribution in [-0.2, 0) is 0 Å². The molecule has 23 heavy (non-hydrogen) atoms. The lowest BCUT2D eigenvalue weighted by molar-refractivity contribution is 0.102. The Morgan fingerprint density at radius 1 is 1.22 bits per heavy atom. The van der Waals surface area contributed by atoms with Gasteiger partial charge in [-0.2, -0.15) is 15.0 Å². The van der Waals surface area contributed by atoms with Gasteiger partial charge in [-0.15, -0.1) is 0 Å². The highest BCUT2D eigenvalue weighted by atomic mass is 16.1. The Balaban J connectivity index is 2.00. The smallest absolute Gasteiger partial charge is 0.257 e. The predicted octanol–water partition coefficient (Wildman–Crippen LogP) is 2.70. The van der Waals surface area contributed by atoms with Gasteiger partial charge >= 0.3 is 0 Å². The summed E-state index contributed by atoms with van der Waals surface area (Å²) in [5, 5.41) is 16.1. The molecule has 0 aliphatic rings. The van der Waals surface area contributed by atoms with Gasteiger partial charge in [-0.25, -0.2) is 4.98 Å². The minimum atomic E-state index is -0.294. The zero-order chi connectivity index (χ0) is 16.2. The second-order valence-electron chi connectivity index (χ2n) is 4.89. The fourth-order valence-electron chi connectivity index (χ4n) is 2.21. The summed E-state index contributed by atoms with van der Waals surface area (Å²) >= 11 is 0. The number of hydrogen-bond acceptors (Lipinski definition) is 4. The number of aromatic nitrogens is 3. The monoisotopic (exact) mass is 303 g/mol. The molecule has 0 unspecified atom stereocenters. The van der Waals surface area contributed by atoms with E-state index in [4.69, 9.17) is 0 Å². The van der Waals surface area contributed by atoms with E-state index in [1.807, 2.05) is 31.2 Å². The van der Waals surface area contributed by atoms with Gasteiger partial charge in [0.25, 0.3) is 5.91 Å². The molecule has 112 valence electrons. The van der Waals surface area contributed by atoms with Crippen LogP contribution < -0.4 is 5.32 Å². The number of nitriles is 1. The summed E-state index contributed by atoms with van der Waals surface area (Å²) in [5.74, 6) is 0.533. The molecule has 2 aromatic heterocycles. The normalized spacial score (nSPS) is 10.1. The SMILES string of the molecule is Cc1ccccc1C(=O)Nc1c(C#N)cnn1-c1ccccn1. The van der Waals surface area contributed by atoms with Crippen molar-refractivity contribution in [3.8, 4) is 11.9 Å². The molecule has 0 saturated heterocycles. The van der Waals surface area contributed by atoms with Crippen molar-refractivity contribution in [2.45, 2.75) is 6.92 Å². The van der Waals surface area contributed by atoms with Crippen molar-refractivity contribution in [2.24, 2.45) is 0 Å². The van der Waals surface area contributed by atoms with Crippen molar-refractivity contribution in [3.63, 3.8) is 0 Å². The van der Waals surface area contributed by atoms with Crippen molar-refractivity contribution in [3.05, 3.63) is 71.5 Å². The lowest BCUT2D eigenvalue weighted by atomic mass is 10.1. The molecule has 1 aromatic carbocycles. The molecule has 6 heteroatoms. The van der Waals surface area contributed by atoms with E-state index in [0.717, 1.165) is 5.56 Å². The first-order valence-electron chi connectivity index (χ1n) is 6.97. The van der Waals surface area contributed by atoms with Gasteiger partial charge in [-0.3, -0.25) is 4.79 Å². The molecule has 0 bridgehead atoms. The molecule has 1 amide bonds. The molecular weight excluding hydrogens is 290 g/mol. The van der Waals surface area contributed by atoms with Crippen LogP contribution in [-0.4, -0.2) is 20.7 Å². The van der Waals surface area contributed by atoms with Gasteiger partial charge in [-0.05, 0) is 30.7 Å². The maximum absolute atomic E-state index is 12.5. The summed E-state index contributed by atoms with van der Waals surface area (Å²) in [7, 11) is 0. The second kappa shape index (κ2) is 6.12. The van der Waals surface area contributed by atoms with Gasteiger partial charge in [0.1, 0.15) is 11.6 Å². The average Bonchev–Trinajstić information content (AvgIpc) is 2.98. The van der Waals surface area contributed by atoms with Crippen LogP contribution in [0.3, 0.4) is 0 Å². The summed E-state index contributed by atoms with van der Waals surface area (Å²) in [6.45, 7) is 1.86. The highest BCUT2D eigenvalue weighted by molar-refractivity contribution is 6.05. The van der Waals surface area contributed by atoms with Gasteiger partial charge in [-0.1, -0.05) is 24.3 Å². The largest absolute Gasteiger partial charge is 0.305 e. The minimum absolute atomic E-state index is 0.276. The molecule has 0 saturated carbocycles. The fraction of sp³-hybridized carbons (Fsp3) is 0.0588. The van der Waals surface area contributed by atoms with Crippen LogP contribution >= 0.6 is 0 Å². The van der Waals surface area contributed by atoms with Crippen LogP contribution in [0.25, 0.3) is 5.82 Å². The quantitative estimate of drug-likeness (QED) is 0.806. The Morgan fingerprint density at radius 2 is 2.00 bits per heavy atom. The van der Waals surface area contributed by atoms with Crippen LogP contribution in [0.5, 0.6) is 0 Å². The summed E-state index contributed by atoms with van der Waals surface area (Å²) < 4.78 is 1.44. The Kier molecular flexibility index (Phi) is 3.85. The highest BCUT2D eigenvalue weighted by Gasteiger charge is 2.17. The van der Waals surface area contributed by atoms with Crippen molar-refractivity contribution < 1.29 is 4.79 Å². The first-order valence-corrected chi connectivity index (χ1v) is 6.97. The maximum Gasteiger partial charge on any atom is 0.257 e. The van der Waals surface area contributed by atoms with Crippen molar-refractivity contribution in [1.29, 1.82) is 5.26 Å². The summed E-state index contributed by atoms with van der Waals surface area (Å²) in [5.41, 5.74) is 1.68. The molecule has 0 radical (unpaired) electrons. The number of carbonyl (C=O) groups is 1. The van der Waals surface area contributed by atoms with E-state index in [9.17, 15) is 10.1 Å². The third-order valence-corrected chi connectivity index (χ3v) is 3.38. The van der Waals surface area contributed by atoms with Gasteiger partial charge < -0.3 is 5.32 Å². The Morgan fingerprint density at radius 3 is 2.70 bits per heavy atom. The molecule has 1 N–H and O–H groups in total. The molecule has 2 heterocycles. The average molecular weight is 303 g/mol. The summed E-state index contributed by atoms with van der Waals surface area (Å²) in [6, 6.07) is 14.6. The molecule has 3 aromatic rings. The van der Waals surface area contributed by atoms with Crippen molar-refractivity contribution in [2.75, 3.05) is 5.32 Å². The third-order valence-electron chi connectivity index (χ3n) is 3.38. The Labute approximate surface area is 133 Å². The van der Waals surface area contributed by atoms with E-state index < -0.39 is 0 Å². The van der Waals surface area contributed by atoms with Gasteiger partial charge in [0.2, 0.25) is 0 Å². The maximum atomic E-state index is 12.5. The number of benzene rings is 1. The van der Waals surface area contributed by atoms with Crippen molar-refractivity contribution in [1.82, 2.24) is 14.8 Å². The molecular formula is C17H13N5O. The van der Waals surface area contributed by atoms with Gasteiger partial charge in [0, 0.05) is 11.8 Å². The second-order valence-corrected chi connectivity index (χ2v) is 4.89. The fourth-order valence-corrected chi connectivity index (χ4v) is 2.21. The first kappa shape index (κ1) is 14.5. The Hall–Kier alpha value is -3.46. The number of aryl methyl sites for hydroxylation is 1. The van der Waals surface area contributed by atoms with Crippen LogP contribution in [0.1, 0.15) is 21.5 Å². The molecule has 6 nitrogen and oxygen atoms in total. The van der Waals surface area contributed by atoms with Crippen LogP contribution in [0.2, 0.25) is 0 Å². The molecule has 0 aliphatic heterocycles. The van der Waals surface area contributed by atoms with Crippen LogP contribution in [0.15, 0.2) is 54.9 Å². The number of hydrogen-bond donors (Lipinski definition) is 1. The van der Waals surface area contributed by atoms with Crippen LogP contribution in [0.4, 0.5) is 5.82 Å². The zero-order valence-electron chi connectivity index (χ0n) is 12.4. The van der Waals surface area contributed by atoms with E-state index in [-0.39, 0.29) is 11.5 Å². The first-order chi connectivity index (χ1) is 11.2. The molecule has 3 rings (SSSR count). The van der Waals surface area contributed by atoms with E-state index >= 15 is 0 Å². The number of nitrogens with one attached hydrogen (secondary N) is 1. The van der Waals surface area contributed by atoms with Gasteiger partial charge in [0.15, 0.2) is 11.6 Å².